The molecule has 1 aromatic rings. The summed E-state index contributed by atoms with van der Waals surface area (Å²) >= 11 is 0. The maximum atomic E-state index is 12.2. The minimum absolute atomic E-state index is 0.0400. The molecule has 1 aliphatic rings. The van der Waals surface area contributed by atoms with Crippen LogP contribution in [0, 0.1) is 21.4 Å². The smallest absolute Gasteiger partial charge is 0.269 e. The Hall–Kier alpha value is -2.57. The Morgan fingerprint density at radius 2 is 2.10 bits per heavy atom. The second kappa shape index (κ2) is 5.60. The lowest BCUT2D eigenvalue weighted by atomic mass is 10.0. The molecule has 0 bridgehead atoms. The number of nitrogens with one attached hydrogen (secondary N) is 1. The first-order chi connectivity index (χ1) is 9.58. The third-order valence-corrected chi connectivity index (χ3v) is 3.04. The van der Waals surface area contributed by atoms with Gasteiger partial charge in [0.25, 0.3) is 11.6 Å². The molecule has 0 saturated carbocycles. The molecule has 1 aliphatic heterocycles. The summed E-state index contributed by atoms with van der Waals surface area (Å²) in [6, 6.07) is 5.62. The molecule has 1 atom stereocenters. The monoisotopic (exact) mass is 274 g/mol. The number of nitrogens with zero attached hydrogens (tertiary/aromatic N) is 3. The maximum Gasteiger partial charge on any atom is 0.269 e. The van der Waals surface area contributed by atoms with Gasteiger partial charge in [-0.15, -0.1) is 0 Å². The second-order valence-corrected chi connectivity index (χ2v) is 4.41. The van der Waals surface area contributed by atoms with Gasteiger partial charge in [-0.05, 0) is 18.6 Å². The van der Waals surface area contributed by atoms with E-state index in [0.29, 0.717) is 17.8 Å². The number of anilines is 1. The molecule has 1 aromatic carbocycles. The fourth-order valence-electron chi connectivity index (χ4n) is 2.04. The molecule has 0 aromatic heterocycles. The van der Waals surface area contributed by atoms with Crippen molar-refractivity contribution in [2.45, 2.75) is 19.8 Å². The Bertz CT molecular complexity index is 580. The fraction of sp³-hybridized carbons (Fsp3) is 0.308. The number of hydrogen-bond acceptors (Lipinski definition) is 5. The van der Waals surface area contributed by atoms with Crippen LogP contribution in [-0.2, 0) is 4.79 Å². The zero-order valence-electron chi connectivity index (χ0n) is 10.9. The highest BCUT2D eigenvalue weighted by molar-refractivity contribution is 6.23. The van der Waals surface area contributed by atoms with Gasteiger partial charge in [-0.2, -0.15) is 10.1 Å². The summed E-state index contributed by atoms with van der Waals surface area (Å²) in [6.07, 6.45) is 2.57. The van der Waals surface area contributed by atoms with E-state index in [2.05, 4.69) is 5.10 Å². The SMILES string of the molecule is CCCC1=NN(c2ccc([N+](=O)[O-])cc2)C(=O)[C@H]1C=N. The molecule has 0 fully saturated rings. The number of non-ortho nitro benzene ring substituents is 1. The summed E-state index contributed by atoms with van der Waals surface area (Å²) < 4.78 is 0. The predicted molar refractivity (Wildman–Crippen MR) is 75.2 cm³/mol. The molecule has 1 N–H and O–H groups in total. The molecule has 1 amide bonds. The molecule has 7 nitrogen and oxygen atoms in total. The number of hydrazone groups is 1. The van der Waals surface area contributed by atoms with Crippen molar-refractivity contribution < 1.29 is 9.72 Å². The topological polar surface area (TPSA) is 99.7 Å². The number of rotatable bonds is 5. The average molecular weight is 274 g/mol. The van der Waals surface area contributed by atoms with Gasteiger partial charge in [-0.25, -0.2) is 0 Å². The van der Waals surface area contributed by atoms with Gasteiger partial charge in [-0.3, -0.25) is 14.9 Å². The minimum Gasteiger partial charge on any atom is -0.312 e. The Morgan fingerprint density at radius 1 is 1.45 bits per heavy atom. The molecule has 0 saturated heterocycles. The molecular formula is C13H14N4O3. The summed E-state index contributed by atoms with van der Waals surface area (Å²) in [5.74, 6) is -0.914. The Balaban J connectivity index is 2.30. The number of hydrogen-bond donors (Lipinski definition) is 1. The van der Waals surface area contributed by atoms with E-state index in [1.165, 1.54) is 29.3 Å². The Morgan fingerprint density at radius 3 is 2.60 bits per heavy atom. The van der Waals surface area contributed by atoms with E-state index in [0.717, 1.165) is 12.6 Å². The number of nitro benzene ring substituents is 1. The van der Waals surface area contributed by atoms with Gasteiger partial charge in [0.1, 0.15) is 5.92 Å². The van der Waals surface area contributed by atoms with E-state index in [-0.39, 0.29) is 11.6 Å². The van der Waals surface area contributed by atoms with Crippen molar-refractivity contribution in [3.05, 3.63) is 34.4 Å². The van der Waals surface area contributed by atoms with Crippen molar-refractivity contribution in [1.82, 2.24) is 0 Å². The van der Waals surface area contributed by atoms with Crippen LogP contribution < -0.4 is 5.01 Å². The number of carbonyl (C=O) groups is 1. The van der Waals surface area contributed by atoms with Crippen molar-refractivity contribution in [2.24, 2.45) is 11.0 Å². The van der Waals surface area contributed by atoms with E-state index in [1.807, 2.05) is 6.92 Å². The van der Waals surface area contributed by atoms with Crippen LogP contribution in [0.3, 0.4) is 0 Å². The van der Waals surface area contributed by atoms with Gasteiger partial charge >= 0.3 is 0 Å². The van der Waals surface area contributed by atoms with Crippen LogP contribution >= 0.6 is 0 Å². The summed E-state index contributed by atoms with van der Waals surface area (Å²) in [4.78, 5) is 22.3. The summed E-state index contributed by atoms with van der Waals surface area (Å²) in [7, 11) is 0. The minimum atomic E-state index is -0.620. The zero-order valence-corrected chi connectivity index (χ0v) is 10.9. The van der Waals surface area contributed by atoms with Gasteiger partial charge in [0.2, 0.25) is 0 Å². The fourth-order valence-corrected chi connectivity index (χ4v) is 2.04. The molecule has 1 heterocycles. The molecule has 0 unspecified atom stereocenters. The third-order valence-electron chi connectivity index (χ3n) is 3.04. The lowest BCUT2D eigenvalue weighted by molar-refractivity contribution is -0.384. The summed E-state index contributed by atoms with van der Waals surface area (Å²) in [5.41, 5.74) is 1.09. The van der Waals surface area contributed by atoms with Crippen molar-refractivity contribution in [2.75, 3.05) is 5.01 Å². The van der Waals surface area contributed by atoms with E-state index >= 15 is 0 Å². The first-order valence-corrected chi connectivity index (χ1v) is 6.25. The molecule has 104 valence electrons. The van der Waals surface area contributed by atoms with Crippen LogP contribution in [0.1, 0.15) is 19.8 Å². The number of amides is 1. The summed E-state index contributed by atoms with van der Waals surface area (Å²) in [6.45, 7) is 1.97. The quantitative estimate of drug-likeness (QED) is 0.506. The van der Waals surface area contributed by atoms with Crippen LogP contribution in [0.15, 0.2) is 29.4 Å². The maximum absolute atomic E-state index is 12.2. The zero-order chi connectivity index (χ0) is 14.7. The predicted octanol–water partition coefficient (Wildman–Crippen LogP) is 2.36. The van der Waals surface area contributed by atoms with Crippen LogP contribution in [0.2, 0.25) is 0 Å². The van der Waals surface area contributed by atoms with E-state index in [9.17, 15) is 14.9 Å². The highest BCUT2D eigenvalue weighted by Crippen LogP contribution is 2.26. The van der Waals surface area contributed by atoms with Crippen LogP contribution in [-0.4, -0.2) is 22.8 Å². The van der Waals surface area contributed by atoms with E-state index in [4.69, 9.17) is 5.41 Å². The number of benzene rings is 1. The van der Waals surface area contributed by atoms with Crippen LogP contribution in [0.4, 0.5) is 11.4 Å². The highest BCUT2D eigenvalue weighted by Gasteiger charge is 2.34. The summed E-state index contributed by atoms with van der Waals surface area (Å²) in [5, 5.41) is 23.4. The first-order valence-electron chi connectivity index (χ1n) is 6.25. The lowest BCUT2D eigenvalue weighted by Crippen LogP contribution is -2.28. The Labute approximate surface area is 115 Å². The highest BCUT2D eigenvalue weighted by atomic mass is 16.6. The van der Waals surface area contributed by atoms with E-state index in [1.54, 1.807) is 0 Å². The van der Waals surface area contributed by atoms with Crippen LogP contribution in [0.5, 0.6) is 0 Å². The van der Waals surface area contributed by atoms with Gasteiger partial charge in [0.15, 0.2) is 0 Å². The molecule has 0 radical (unpaired) electrons. The average Bonchev–Trinajstić information content (AvgIpc) is 2.75. The number of nitro groups is 1. The van der Waals surface area contributed by atoms with Gasteiger partial charge < -0.3 is 5.41 Å². The van der Waals surface area contributed by atoms with E-state index < -0.39 is 10.8 Å². The molecule has 2 rings (SSSR count). The normalized spacial score (nSPS) is 18.1. The standard InChI is InChI=1S/C13H14N4O3/c1-2-3-12-11(8-14)13(18)16(15-12)9-4-6-10(7-5-9)17(19)20/h4-8,11,14H,2-3H2,1H3/t11-/m0/s1. The molecule has 20 heavy (non-hydrogen) atoms. The molecule has 0 aliphatic carbocycles. The van der Waals surface area contributed by atoms with Crippen molar-refractivity contribution in [3.63, 3.8) is 0 Å². The largest absolute Gasteiger partial charge is 0.312 e. The molecular weight excluding hydrogens is 260 g/mol. The second-order valence-electron chi connectivity index (χ2n) is 4.41. The van der Waals surface area contributed by atoms with Gasteiger partial charge in [0, 0.05) is 18.3 Å². The van der Waals surface area contributed by atoms with Gasteiger partial charge in [-0.1, -0.05) is 13.3 Å². The number of carbonyl (C=O) groups excluding carboxylic acids is 1. The first kappa shape index (κ1) is 13.9. The van der Waals surface area contributed by atoms with Crippen molar-refractivity contribution >= 4 is 29.2 Å². The molecule has 7 heteroatoms. The third kappa shape index (κ3) is 2.42. The lowest BCUT2D eigenvalue weighted by Gasteiger charge is -2.12. The van der Waals surface area contributed by atoms with Crippen LogP contribution in [0.25, 0.3) is 0 Å². The Kier molecular flexibility index (Phi) is 3.88. The van der Waals surface area contributed by atoms with Crippen molar-refractivity contribution in [1.29, 1.82) is 5.41 Å². The van der Waals surface area contributed by atoms with Gasteiger partial charge in [0.05, 0.1) is 16.3 Å². The molecule has 0 spiro atoms. The van der Waals surface area contributed by atoms with Crippen molar-refractivity contribution in [3.8, 4) is 0 Å².